The average molecular weight is 353 g/mol. The van der Waals surface area contributed by atoms with Gasteiger partial charge in [-0.15, -0.1) is 0 Å². The molecule has 2 rings (SSSR count). The number of hydrogen-bond donors (Lipinski definition) is 1. The van der Waals surface area contributed by atoms with Crippen molar-refractivity contribution in [3.8, 4) is 0 Å². The van der Waals surface area contributed by atoms with Crippen molar-refractivity contribution >= 4 is 51.1 Å². The minimum atomic E-state index is 0.764. The largest absolute Gasteiger partial charge is 0.312 e. The van der Waals surface area contributed by atoms with E-state index in [4.69, 9.17) is 11.6 Å². The van der Waals surface area contributed by atoms with Crippen LogP contribution in [0.2, 0.25) is 5.02 Å². The Bertz CT molecular complexity index is 370. The van der Waals surface area contributed by atoms with Crippen molar-refractivity contribution in [2.45, 2.75) is 11.8 Å². The molecule has 94 valence electrons. The van der Waals surface area contributed by atoms with Crippen LogP contribution in [-0.2, 0) is 6.54 Å². The van der Waals surface area contributed by atoms with E-state index in [0.29, 0.717) is 0 Å². The molecule has 1 N–H and O–H groups in total. The van der Waals surface area contributed by atoms with Gasteiger partial charge < -0.3 is 5.32 Å². The van der Waals surface area contributed by atoms with Crippen LogP contribution in [0.25, 0.3) is 0 Å². The number of nitrogens with one attached hydrogen (secondary N) is 1. The minimum Gasteiger partial charge on any atom is -0.312 e. The molecule has 0 amide bonds. The first-order valence-corrected chi connectivity index (χ1v) is 8.97. The van der Waals surface area contributed by atoms with E-state index in [9.17, 15) is 0 Å². The van der Waals surface area contributed by atoms with Gasteiger partial charge in [0.05, 0.1) is 5.02 Å². The van der Waals surface area contributed by atoms with Crippen molar-refractivity contribution in [2.75, 3.05) is 23.8 Å². The first-order chi connectivity index (χ1) is 8.25. The van der Waals surface area contributed by atoms with Gasteiger partial charge in [0.2, 0.25) is 0 Å². The smallest absolute Gasteiger partial charge is 0.0551 e. The number of hydrogen-bond acceptors (Lipinski definition) is 3. The van der Waals surface area contributed by atoms with Crippen LogP contribution in [0.1, 0.15) is 5.56 Å². The Labute approximate surface area is 125 Å². The van der Waals surface area contributed by atoms with Gasteiger partial charge in [0, 0.05) is 40.1 Å². The van der Waals surface area contributed by atoms with E-state index in [1.165, 1.54) is 22.8 Å². The molecular formula is C12H15BrClNS2. The highest BCUT2D eigenvalue weighted by molar-refractivity contribution is 9.10. The third kappa shape index (κ3) is 4.67. The maximum atomic E-state index is 6.06. The molecule has 1 aromatic carbocycles. The van der Waals surface area contributed by atoms with Gasteiger partial charge in [0.15, 0.2) is 0 Å². The molecule has 0 spiro atoms. The van der Waals surface area contributed by atoms with Gasteiger partial charge in [-0.1, -0.05) is 17.7 Å². The van der Waals surface area contributed by atoms with Gasteiger partial charge in [-0.25, -0.2) is 0 Å². The lowest BCUT2D eigenvalue weighted by Gasteiger charge is -2.21. The van der Waals surface area contributed by atoms with E-state index >= 15 is 0 Å². The zero-order valence-corrected chi connectivity index (χ0v) is 13.4. The van der Waals surface area contributed by atoms with Crippen molar-refractivity contribution in [3.63, 3.8) is 0 Å². The molecule has 1 atom stereocenters. The van der Waals surface area contributed by atoms with Gasteiger partial charge in [0.25, 0.3) is 0 Å². The van der Waals surface area contributed by atoms with Gasteiger partial charge in [-0.3, -0.25) is 0 Å². The molecular weight excluding hydrogens is 338 g/mol. The molecule has 1 aromatic rings. The summed E-state index contributed by atoms with van der Waals surface area (Å²) < 4.78 is 0.960. The Morgan fingerprint density at radius 1 is 1.41 bits per heavy atom. The van der Waals surface area contributed by atoms with Crippen LogP contribution in [-0.4, -0.2) is 29.1 Å². The molecule has 1 aliphatic heterocycles. The summed E-state index contributed by atoms with van der Waals surface area (Å²) in [5.41, 5.74) is 1.24. The van der Waals surface area contributed by atoms with Crippen LogP contribution in [0.5, 0.6) is 0 Å². The summed E-state index contributed by atoms with van der Waals surface area (Å²) >= 11 is 13.6. The van der Waals surface area contributed by atoms with Gasteiger partial charge in [-0.2, -0.15) is 23.5 Å². The lowest BCUT2D eigenvalue weighted by Crippen LogP contribution is -2.28. The summed E-state index contributed by atoms with van der Waals surface area (Å²) in [7, 11) is 0. The fraction of sp³-hybridized carbons (Fsp3) is 0.500. The highest BCUT2D eigenvalue weighted by Crippen LogP contribution is 2.24. The maximum absolute atomic E-state index is 6.06. The summed E-state index contributed by atoms with van der Waals surface area (Å²) in [5, 5.41) is 5.06. The average Bonchev–Trinajstić information content (AvgIpc) is 2.35. The molecule has 1 nitrogen and oxygen atoms in total. The molecule has 0 radical (unpaired) electrons. The van der Waals surface area contributed by atoms with Crippen LogP contribution in [0.15, 0.2) is 22.7 Å². The highest BCUT2D eigenvalue weighted by atomic mass is 79.9. The number of benzene rings is 1. The third-order valence-electron chi connectivity index (χ3n) is 2.57. The molecule has 1 unspecified atom stereocenters. The minimum absolute atomic E-state index is 0.764. The van der Waals surface area contributed by atoms with Crippen molar-refractivity contribution in [1.82, 2.24) is 5.32 Å². The summed E-state index contributed by atoms with van der Waals surface area (Å²) in [5.74, 6) is 3.88. The number of thioether (sulfide) groups is 2. The molecule has 0 bridgehead atoms. The molecule has 1 fully saturated rings. The molecule has 17 heavy (non-hydrogen) atoms. The Kier molecular flexibility index (Phi) is 6.03. The van der Waals surface area contributed by atoms with Gasteiger partial charge in [-0.05, 0) is 33.6 Å². The first kappa shape index (κ1) is 14.1. The van der Waals surface area contributed by atoms with Gasteiger partial charge >= 0.3 is 0 Å². The van der Waals surface area contributed by atoms with E-state index in [1.54, 1.807) is 0 Å². The van der Waals surface area contributed by atoms with Crippen molar-refractivity contribution in [1.29, 1.82) is 0 Å². The van der Waals surface area contributed by atoms with Crippen LogP contribution in [0, 0.1) is 0 Å². The third-order valence-corrected chi connectivity index (χ3v) is 6.65. The Hall–Kier alpha value is 0.650. The second-order valence-electron chi connectivity index (χ2n) is 3.95. The lowest BCUT2D eigenvalue weighted by molar-refractivity contribution is 0.686. The fourth-order valence-electron chi connectivity index (χ4n) is 1.68. The van der Waals surface area contributed by atoms with Gasteiger partial charge in [0.1, 0.15) is 0 Å². The second-order valence-corrected chi connectivity index (χ2v) is 7.77. The monoisotopic (exact) mass is 351 g/mol. The van der Waals surface area contributed by atoms with E-state index < -0.39 is 0 Å². The Morgan fingerprint density at radius 2 is 2.29 bits per heavy atom. The molecule has 1 aliphatic rings. The summed E-state index contributed by atoms with van der Waals surface area (Å²) in [6.07, 6.45) is 0. The molecule has 5 heteroatoms. The molecule has 0 saturated carbocycles. The predicted octanol–water partition coefficient (Wildman–Crippen LogP) is 4.04. The number of halogens is 2. The quantitative estimate of drug-likeness (QED) is 0.878. The van der Waals surface area contributed by atoms with Crippen LogP contribution in [0.4, 0.5) is 0 Å². The molecule has 1 heterocycles. The van der Waals surface area contributed by atoms with Crippen molar-refractivity contribution in [3.05, 3.63) is 33.3 Å². The van der Waals surface area contributed by atoms with E-state index in [2.05, 4.69) is 50.8 Å². The summed E-state index contributed by atoms with van der Waals surface area (Å²) in [6, 6.07) is 6.12. The van der Waals surface area contributed by atoms with E-state index in [-0.39, 0.29) is 0 Å². The SMILES string of the molecule is Clc1cc(CNCC2CSCCS2)ccc1Br. The molecule has 0 aromatic heterocycles. The Morgan fingerprint density at radius 3 is 3.00 bits per heavy atom. The summed E-state index contributed by atoms with van der Waals surface area (Å²) in [4.78, 5) is 0. The van der Waals surface area contributed by atoms with Crippen LogP contribution in [0.3, 0.4) is 0 Å². The topological polar surface area (TPSA) is 12.0 Å². The van der Waals surface area contributed by atoms with Crippen molar-refractivity contribution < 1.29 is 0 Å². The van der Waals surface area contributed by atoms with Crippen LogP contribution < -0.4 is 5.32 Å². The van der Waals surface area contributed by atoms with E-state index in [1.807, 2.05) is 12.1 Å². The Balaban J connectivity index is 1.75. The maximum Gasteiger partial charge on any atom is 0.0551 e. The summed E-state index contributed by atoms with van der Waals surface area (Å²) in [6.45, 7) is 1.99. The van der Waals surface area contributed by atoms with Crippen molar-refractivity contribution in [2.24, 2.45) is 0 Å². The zero-order valence-electron chi connectivity index (χ0n) is 9.42. The standard InChI is InChI=1S/C12H15BrClNS2/c13-11-2-1-9(5-12(11)14)6-15-7-10-8-16-3-4-17-10/h1-2,5,10,15H,3-4,6-8H2. The lowest BCUT2D eigenvalue weighted by atomic mass is 10.2. The fourth-order valence-corrected chi connectivity index (χ4v) is 4.78. The zero-order chi connectivity index (χ0) is 12.1. The molecule has 0 aliphatic carbocycles. The number of rotatable bonds is 4. The molecule has 1 saturated heterocycles. The highest BCUT2D eigenvalue weighted by Gasteiger charge is 2.13. The normalized spacial score (nSPS) is 20.5. The van der Waals surface area contributed by atoms with Crippen LogP contribution >= 0.6 is 51.1 Å². The predicted molar refractivity (Wildman–Crippen MR) is 84.4 cm³/mol. The first-order valence-electron chi connectivity index (χ1n) is 5.59. The van der Waals surface area contributed by atoms with E-state index in [0.717, 1.165) is 27.8 Å². The second kappa shape index (κ2) is 7.29.